The van der Waals surface area contributed by atoms with Gasteiger partial charge in [-0.05, 0) is 41.8 Å². The Bertz CT molecular complexity index is 1160. The van der Waals surface area contributed by atoms with E-state index in [1.165, 1.54) is 6.07 Å². The van der Waals surface area contributed by atoms with Crippen LogP contribution in [0.4, 0.5) is 19.0 Å². The van der Waals surface area contributed by atoms with Gasteiger partial charge in [-0.25, -0.2) is 4.98 Å². The van der Waals surface area contributed by atoms with E-state index in [0.717, 1.165) is 22.6 Å². The molecular formula is C22H22F3N5O2. The highest BCUT2D eigenvalue weighted by molar-refractivity contribution is 5.99. The zero-order valence-corrected chi connectivity index (χ0v) is 17.6. The molecule has 2 N–H and O–H groups in total. The molecule has 10 heteroatoms. The average Bonchev–Trinajstić information content (AvgIpc) is 3.23. The molecular weight excluding hydrogens is 423 g/mol. The summed E-state index contributed by atoms with van der Waals surface area (Å²) in [5.41, 5.74) is 8.09. The van der Waals surface area contributed by atoms with Crippen LogP contribution in [0.3, 0.4) is 0 Å². The van der Waals surface area contributed by atoms with E-state index >= 15 is 0 Å². The Hall–Kier alpha value is -3.27. The van der Waals surface area contributed by atoms with Gasteiger partial charge in [-0.3, -0.25) is 4.79 Å². The molecule has 1 amide bonds. The number of aromatic nitrogens is 3. The van der Waals surface area contributed by atoms with Crippen LogP contribution >= 0.6 is 0 Å². The molecule has 0 spiro atoms. The monoisotopic (exact) mass is 445 g/mol. The molecule has 0 bridgehead atoms. The molecule has 0 unspecified atom stereocenters. The van der Waals surface area contributed by atoms with Gasteiger partial charge in [0, 0.05) is 23.1 Å². The Morgan fingerprint density at radius 3 is 2.56 bits per heavy atom. The van der Waals surface area contributed by atoms with Crippen LogP contribution in [0.15, 0.2) is 30.3 Å². The number of hydrogen-bond donors (Lipinski definition) is 1. The van der Waals surface area contributed by atoms with Crippen LogP contribution in [0.1, 0.15) is 46.7 Å². The molecule has 4 rings (SSSR count). The summed E-state index contributed by atoms with van der Waals surface area (Å²) >= 11 is 0. The van der Waals surface area contributed by atoms with Crippen molar-refractivity contribution in [1.29, 1.82) is 0 Å². The topological polar surface area (TPSA) is 94.2 Å². The van der Waals surface area contributed by atoms with Crippen molar-refractivity contribution in [3.05, 3.63) is 58.4 Å². The van der Waals surface area contributed by atoms with E-state index in [1.807, 2.05) is 13.8 Å². The number of nitrogens with two attached hydrogens (primary N) is 1. The van der Waals surface area contributed by atoms with Gasteiger partial charge < -0.3 is 15.4 Å². The SMILES string of the molecule is CC(C)CN(Cc1ccc(C(F)(F)F)nn1)C(=O)c1ccc2nc(N)c3c(c2c1)COC3. The second-order valence-electron chi connectivity index (χ2n) is 8.17. The lowest BCUT2D eigenvalue weighted by atomic mass is 10.0. The summed E-state index contributed by atoms with van der Waals surface area (Å²) in [6, 6.07) is 7.29. The van der Waals surface area contributed by atoms with E-state index in [2.05, 4.69) is 15.2 Å². The summed E-state index contributed by atoms with van der Waals surface area (Å²) in [6.07, 6.45) is -4.56. The maximum absolute atomic E-state index is 13.3. The number of rotatable bonds is 5. The number of ether oxygens (including phenoxy) is 1. The normalized spacial score (nSPS) is 13.6. The van der Waals surface area contributed by atoms with E-state index in [1.54, 1.807) is 23.1 Å². The second kappa shape index (κ2) is 8.34. The average molecular weight is 445 g/mol. The molecule has 168 valence electrons. The smallest absolute Gasteiger partial charge is 0.383 e. The van der Waals surface area contributed by atoms with Crippen molar-refractivity contribution in [2.24, 2.45) is 5.92 Å². The van der Waals surface area contributed by atoms with Gasteiger partial charge in [0.2, 0.25) is 0 Å². The molecule has 0 radical (unpaired) electrons. The van der Waals surface area contributed by atoms with Gasteiger partial charge in [0.25, 0.3) is 5.91 Å². The zero-order valence-electron chi connectivity index (χ0n) is 17.6. The fraction of sp³-hybridized carbons (Fsp3) is 0.364. The quantitative estimate of drug-likeness (QED) is 0.639. The number of halogens is 3. The fourth-order valence-corrected chi connectivity index (χ4v) is 3.74. The summed E-state index contributed by atoms with van der Waals surface area (Å²) in [5.74, 6) is 0.305. The lowest BCUT2D eigenvalue weighted by Gasteiger charge is -2.24. The first kappa shape index (κ1) is 21.9. The minimum Gasteiger partial charge on any atom is -0.383 e. The third kappa shape index (κ3) is 4.36. The van der Waals surface area contributed by atoms with Crippen LogP contribution in [0.2, 0.25) is 0 Å². The van der Waals surface area contributed by atoms with Crippen LogP contribution in [0.25, 0.3) is 10.9 Å². The molecule has 1 aromatic carbocycles. The second-order valence-corrected chi connectivity index (χ2v) is 8.17. The van der Waals surface area contributed by atoms with Crippen LogP contribution in [-0.4, -0.2) is 32.5 Å². The van der Waals surface area contributed by atoms with Crippen LogP contribution in [-0.2, 0) is 30.7 Å². The summed E-state index contributed by atoms with van der Waals surface area (Å²) in [4.78, 5) is 19.3. The minimum atomic E-state index is -4.56. The Morgan fingerprint density at radius 2 is 1.91 bits per heavy atom. The molecule has 0 atom stereocenters. The maximum atomic E-state index is 13.3. The number of hydrogen-bond acceptors (Lipinski definition) is 6. The first-order valence-corrected chi connectivity index (χ1v) is 10.1. The molecule has 3 aromatic rings. The number of anilines is 1. The molecule has 0 saturated heterocycles. The predicted molar refractivity (Wildman–Crippen MR) is 111 cm³/mol. The van der Waals surface area contributed by atoms with E-state index in [4.69, 9.17) is 10.5 Å². The van der Waals surface area contributed by atoms with Crippen molar-refractivity contribution >= 4 is 22.6 Å². The standard InChI is InChI=1S/C22H22F3N5O2/c1-12(2)8-30(9-14-4-6-19(29-28-14)22(23,24)25)21(31)13-3-5-18-15(7-13)16-10-32-11-17(16)20(26)27-18/h3-7,12H,8-11H2,1-2H3,(H2,26,27). The van der Waals surface area contributed by atoms with Crippen LogP contribution < -0.4 is 5.73 Å². The molecule has 1 aliphatic rings. The Labute approximate surface area is 182 Å². The Morgan fingerprint density at radius 1 is 1.16 bits per heavy atom. The molecule has 32 heavy (non-hydrogen) atoms. The predicted octanol–water partition coefficient (Wildman–Crippen LogP) is 3.95. The number of nitrogen functional groups attached to an aromatic ring is 1. The number of alkyl halides is 3. The van der Waals surface area contributed by atoms with E-state index < -0.39 is 11.9 Å². The third-order valence-corrected chi connectivity index (χ3v) is 5.21. The van der Waals surface area contributed by atoms with Crippen molar-refractivity contribution in [3.63, 3.8) is 0 Å². The van der Waals surface area contributed by atoms with Crippen molar-refractivity contribution in [2.45, 2.75) is 39.8 Å². The van der Waals surface area contributed by atoms with E-state index in [9.17, 15) is 18.0 Å². The summed E-state index contributed by atoms with van der Waals surface area (Å²) in [6.45, 7) is 5.13. The number of carbonyl (C=O) groups excluding carboxylic acids is 1. The van der Waals surface area contributed by atoms with Gasteiger partial charge >= 0.3 is 6.18 Å². The highest BCUT2D eigenvalue weighted by Gasteiger charge is 2.33. The lowest BCUT2D eigenvalue weighted by molar-refractivity contribution is -0.141. The van der Waals surface area contributed by atoms with Gasteiger partial charge in [-0.15, -0.1) is 5.10 Å². The zero-order chi connectivity index (χ0) is 23.0. The van der Waals surface area contributed by atoms with Gasteiger partial charge in [-0.2, -0.15) is 18.3 Å². The van der Waals surface area contributed by atoms with Crippen LogP contribution in [0, 0.1) is 5.92 Å². The molecule has 0 saturated carbocycles. The summed E-state index contributed by atoms with van der Waals surface area (Å²) in [5, 5.41) is 7.73. The number of benzene rings is 1. The van der Waals surface area contributed by atoms with Gasteiger partial charge in [0.05, 0.1) is 31.0 Å². The first-order chi connectivity index (χ1) is 15.1. The molecule has 3 heterocycles. The number of pyridine rings is 1. The van der Waals surface area contributed by atoms with Crippen molar-refractivity contribution in [1.82, 2.24) is 20.1 Å². The maximum Gasteiger partial charge on any atom is 0.435 e. The number of fused-ring (bicyclic) bond motifs is 3. The summed E-state index contributed by atoms with van der Waals surface area (Å²) < 4.78 is 43.8. The largest absolute Gasteiger partial charge is 0.435 e. The van der Waals surface area contributed by atoms with Crippen molar-refractivity contribution < 1.29 is 22.7 Å². The van der Waals surface area contributed by atoms with Crippen molar-refractivity contribution in [2.75, 3.05) is 12.3 Å². The number of nitrogens with zero attached hydrogens (tertiary/aromatic N) is 4. The highest BCUT2D eigenvalue weighted by atomic mass is 19.4. The molecule has 1 aliphatic heterocycles. The Kier molecular flexibility index (Phi) is 5.72. The van der Waals surface area contributed by atoms with E-state index in [-0.39, 0.29) is 24.1 Å². The fourth-order valence-electron chi connectivity index (χ4n) is 3.74. The molecule has 0 aliphatic carbocycles. The lowest BCUT2D eigenvalue weighted by Crippen LogP contribution is -2.34. The molecule has 7 nitrogen and oxygen atoms in total. The summed E-state index contributed by atoms with van der Waals surface area (Å²) in [7, 11) is 0. The molecule has 2 aromatic heterocycles. The highest BCUT2D eigenvalue weighted by Crippen LogP contribution is 2.32. The van der Waals surface area contributed by atoms with Gasteiger partial charge in [-0.1, -0.05) is 13.8 Å². The molecule has 0 fully saturated rings. The Balaban J connectivity index is 1.64. The van der Waals surface area contributed by atoms with Crippen LogP contribution in [0.5, 0.6) is 0 Å². The number of amides is 1. The van der Waals surface area contributed by atoms with Gasteiger partial charge in [0.1, 0.15) is 5.82 Å². The van der Waals surface area contributed by atoms with E-state index in [0.29, 0.717) is 36.7 Å². The minimum absolute atomic E-state index is 0.0430. The third-order valence-electron chi connectivity index (χ3n) is 5.21. The number of carbonyl (C=O) groups is 1. The van der Waals surface area contributed by atoms with Crippen molar-refractivity contribution in [3.8, 4) is 0 Å². The van der Waals surface area contributed by atoms with Gasteiger partial charge in [0.15, 0.2) is 5.69 Å². The first-order valence-electron chi connectivity index (χ1n) is 10.1.